The zero-order valence-electron chi connectivity index (χ0n) is 11.3. The van der Waals surface area contributed by atoms with Crippen molar-refractivity contribution in [3.8, 4) is 6.07 Å². The molecule has 0 aliphatic rings. The Hall–Kier alpha value is -1.80. The van der Waals surface area contributed by atoms with Crippen LogP contribution in [-0.4, -0.2) is 22.6 Å². The van der Waals surface area contributed by atoms with Crippen molar-refractivity contribution < 1.29 is 9.53 Å². The van der Waals surface area contributed by atoms with Gasteiger partial charge in [0.05, 0.1) is 11.8 Å². The van der Waals surface area contributed by atoms with Crippen LogP contribution in [-0.2, 0) is 4.74 Å². The zero-order valence-corrected chi connectivity index (χ0v) is 12.1. The highest BCUT2D eigenvalue weighted by Crippen LogP contribution is 2.22. The van der Waals surface area contributed by atoms with Crippen molar-refractivity contribution in [2.45, 2.75) is 39.3 Å². The molecule has 5 nitrogen and oxygen atoms in total. The fraction of sp³-hybridized carbons (Fsp3) is 0.462. The van der Waals surface area contributed by atoms with Crippen LogP contribution in [0, 0.1) is 11.3 Å². The van der Waals surface area contributed by atoms with Crippen LogP contribution in [0.4, 0.5) is 5.69 Å². The van der Waals surface area contributed by atoms with Gasteiger partial charge in [0, 0.05) is 6.20 Å². The molecule has 1 N–H and O–H groups in total. The van der Waals surface area contributed by atoms with Gasteiger partial charge in [-0.2, -0.15) is 5.26 Å². The van der Waals surface area contributed by atoms with E-state index in [4.69, 9.17) is 21.6 Å². The summed E-state index contributed by atoms with van der Waals surface area (Å²) in [7, 11) is 0. The molecule has 0 radical (unpaired) electrons. The van der Waals surface area contributed by atoms with Gasteiger partial charge in [-0.15, -0.1) is 0 Å². The number of pyridine rings is 1. The Bertz CT molecular complexity index is 518. The predicted molar refractivity (Wildman–Crippen MR) is 73.1 cm³/mol. The molecule has 0 aliphatic carbocycles. The molecule has 0 amide bonds. The van der Waals surface area contributed by atoms with E-state index < -0.39 is 17.6 Å². The van der Waals surface area contributed by atoms with Gasteiger partial charge in [0.2, 0.25) is 0 Å². The average molecular weight is 282 g/mol. The van der Waals surface area contributed by atoms with E-state index in [2.05, 4.69) is 10.3 Å². The molecule has 0 fully saturated rings. The molecule has 102 valence electrons. The second-order valence-electron chi connectivity index (χ2n) is 5.05. The quantitative estimate of drug-likeness (QED) is 0.681. The lowest BCUT2D eigenvalue weighted by molar-refractivity contribution is 0.00702. The molecule has 1 aromatic heterocycles. The summed E-state index contributed by atoms with van der Waals surface area (Å²) < 4.78 is 5.27. The maximum atomic E-state index is 12.0. The van der Waals surface area contributed by atoms with E-state index in [0.717, 1.165) is 0 Å². The van der Waals surface area contributed by atoms with Gasteiger partial charge in [0.25, 0.3) is 0 Å². The number of ether oxygens (including phenoxy) is 1. The molecule has 1 heterocycles. The van der Waals surface area contributed by atoms with Gasteiger partial charge in [-0.1, -0.05) is 11.6 Å². The maximum absolute atomic E-state index is 12.0. The van der Waals surface area contributed by atoms with Crippen molar-refractivity contribution in [1.29, 1.82) is 5.26 Å². The van der Waals surface area contributed by atoms with Crippen LogP contribution in [0.2, 0.25) is 5.15 Å². The van der Waals surface area contributed by atoms with Crippen LogP contribution in [0.25, 0.3) is 0 Å². The minimum absolute atomic E-state index is 0.236. The van der Waals surface area contributed by atoms with E-state index in [9.17, 15) is 4.79 Å². The molecule has 6 heteroatoms. The number of carbonyl (C=O) groups is 1. The van der Waals surface area contributed by atoms with Crippen LogP contribution >= 0.6 is 11.6 Å². The van der Waals surface area contributed by atoms with Crippen molar-refractivity contribution in [3.05, 3.63) is 23.0 Å². The summed E-state index contributed by atoms with van der Waals surface area (Å²) in [5.41, 5.74) is 0.0826. The molecule has 0 aromatic carbocycles. The van der Waals surface area contributed by atoms with E-state index >= 15 is 0 Å². The minimum atomic E-state index is -0.602. The third-order valence-electron chi connectivity index (χ3n) is 2.06. The van der Waals surface area contributed by atoms with Crippen LogP contribution in [0.3, 0.4) is 0 Å². The summed E-state index contributed by atoms with van der Waals surface area (Å²) in [5, 5.41) is 11.9. The summed E-state index contributed by atoms with van der Waals surface area (Å²) in [6, 6.07) is 3.06. The molecule has 0 saturated carbocycles. The molecule has 1 aromatic rings. The molecule has 1 atom stereocenters. The van der Waals surface area contributed by atoms with Crippen molar-refractivity contribution in [1.82, 2.24) is 4.98 Å². The summed E-state index contributed by atoms with van der Waals surface area (Å²) in [6.45, 7) is 7.00. The topological polar surface area (TPSA) is 75.0 Å². The van der Waals surface area contributed by atoms with Crippen molar-refractivity contribution in [3.63, 3.8) is 0 Å². The van der Waals surface area contributed by atoms with E-state index in [1.54, 1.807) is 27.7 Å². The monoisotopic (exact) mass is 281 g/mol. The Morgan fingerprint density at radius 3 is 2.74 bits per heavy atom. The highest BCUT2D eigenvalue weighted by atomic mass is 35.5. The van der Waals surface area contributed by atoms with Crippen molar-refractivity contribution in [2.24, 2.45) is 0 Å². The highest BCUT2D eigenvalue weighted by molar-refractivity contribution is 6.29. The summed E-state index contributed by atoms with van der Waals surface area (Å²) in [4.78, 5) is 15.9. The van der Waals surface area contributed by atoms with Gasteiger partial charge in [-0.3, -0.25) is 0 Å². The van der Waals surface area contributed by atoms with Gasteiger partial charge in [-0.05, 0) is 33.8 Å². The van der Waals surface area contributed by atoms with Gasteiger partial charge in [0.1, 0.15) is 22.4 Å². The Labute approximate surface area is 117 Å². The number of rotatable bonds is 3. The van der Waals surface area contributed by atoms with Gasteiger partial charge in [0.15, 0.2) is 0 Å². The number of hydrogen-bond acceptors (Lipinski definition) is 5. The van der Waals surface area contributed by atoms with Crippen LogP contribution in [0.15, 0.2) is 12.3 Å². The molecule has 1 rings (SSSR count). The Morgan fingerprint density at radius 1 is 1.58 bits per heavy atom. The van der Waals surface area contributed by atoms with Gasteiger partial charge < -0.3 is 10.1 Å². The SMILES string of the molecule is CC(C#N)Nc1cc(Cl)ncc1C(=O)OC(C)(C)C. The number of esters is 1. The summed E-state index contributed by atoms with van der Waals surface area (Å²) in [6.07, 6.45) is 1.34. The Morgan fingerprint density at radius 2 is 2.21 bits per heavy atom. The summed E-state index contributed by atoms with van der Waals surface area (Å²) >= 11 is 5.80. The standard InChI is InChI=1S/C13H16ClN3O2/c1-8(6-15)17-10-5-11(14)16-7-9(10)12(18)19-13(2,3)4/h5,7-8H,1-4H3,(H,16,17). The molecule has 0 saturated heterocycles. The first kappa shape index (κ1) is 15.3. The third kappa shape index (κ3) is 4.76. The number of nitrogens with zero attached hydrogens (tertiary/aromatic N) is 2. The first-order valence-electron chi connectivity index (χ1n) is 5.78. The largest absolute Gasteiger partial charge is 0.456 e. The molecule has 0 bridgehead atoms. The van der Waals surface area contributed by atoms with E-state index in [1.165, 1.54) is 12.3 Å². The normalized spacial score (nSPS) is 12.4. The number of anilines is 1. The van der Waals surface area contributed by atoms with Gasteiger partial charge in [-0.25, -0.2) is 9.78 Å². The lowest BCUT2D eigenvalue weighted by Crippen LogP contribution is -2.25. The van der Waals surface area contributed by atoms with E-state index in [0.29, 0.717) is 5.69 Å². The number of nitrogens with one attached hydrogen (secondary N) is 1. The molecule has 0 spiro atoms. The maximum Gasteiger partial charge on any atom is 0.342 e. The lowest BCUT2D eigenvalue weighted by atomic mass is 10.1. The first-order valence-corrected chi connectivity index (χ1v) is 6.16. The number of aromatic nitrogens is 1. The minimum Gasteiger partial charge on any atom is -0.456 e. The molecular formula is C13H16ClN3O2. The van der Waals surface area contributed by atoms with Crippen LogP contribution < -0.4 is 5.32 Å². The lowest BCUT2D eigenvalue weighted by Gasteiger charge is -2.21. The van der Waals surface area contributed by atoms with E-state index in [-0.39, 0.29) is 10.7 Å². The van der Waals surface area contributed by atoms with Crippen molar-refractivity contribution in [2.75, 3.05) is 5.32 Å². The van der Waals surface area contributed by atoms with Gasteiger partial charge >= 0.3 is 5.97 Å². The molecular weight excluding hydrogens is 266 g/mol. The Kier molecular flexibility index (Phi) is 4.73. The summed E-state index contributed by atoms with van der Waals surface area (Å²) in [5.74, 6) is -0.510. The first-order chi connectivity index (χ1) is 8.73. The van der Waals surface area contributed by atoms with Crippen molar-refractivity contribution >= 4 is 23.3 Å². The molecule has 19 heavy (non-hydrogen) atoms. The number of carbonyl (C=O) groups excluding carboxylic acids is 1. The average Bonchev–Trinajstić information content (AvgIpc) is 2.26. The molecule has 1 unspecified atom stereocenters. The Balaban J connectivity index is 3.06. The third-order valence-corrected chi connectivity index (χ3v) is 2.26. The number of halogens is 1. The van der Waals surface area contributed by atoms with E-state index in [1.807, 2.05) is 6.07 Å². The number of hydrogen-bond donors (Lipinski definition) is 1. The van der Waals surface area contributed by atoms with Crippen LogP contribution in [0.1, 0.15) is 38.1 Å². The van der Waals surface area contributed by atoms with Crippen LogP contribution in [0.5, 0.6) is 0 Å². The fourth-order valence-electron chi connectivity index (χ4n) is 1.31. The fourth-order valence-corrected chi connectivity index (χ4v) is 1.47. The number of nitriles is 1. The second kappa shape index (κ2) is 5.89. The second-order valence-corrected chi connectivity index (χ2v) is 5.44. The smallest absolute Gasteiger partial charge is 0.342 e. The predicted octanol–water partition coefficient (Wildman–Crippen LogP) is 3.01. The zero-order chi connectivity index (χ0) is 14.6. The highest BCUT2D eigenvalue weighted by Gasteiger charge is 2.21. The molecule has 0 aliphatic heterocycles.